The minimum atomic E-state index is -1.18. The largest absolute Gasteiger partial charge is 0.480 e. The summed E-state index contributed by atoms with van der Waals surface area (Å²) >= 11 is 3.35. The van der Waals surface area contributed by atoms with E-state index < -0.39 is 11.5 Å². The van der Waals surface area contributed by atoms with Crippen molar-refractivity contribution >= 4 is 27.8 Å². The predicted molar refractivity (Wildman–Crippen MR) is 78.7 cm³/mol. The molecule has 1 unspecified atom stereocenters. The molecule has 0 bridgehead atoms. The maximum Gasteiger partial charge on any atom is 0.329 e. The molecule has 5 nitrogen and oxygen atoms in total. The normalized spacial score (nSPS) is 17.9. The van der Waals surface area contributed by atoms with Gasteiger partial charge in [-0.3, -0.25) is 4.79 Å². The van der Waals surface area contributed by atoms with Crippen LogP contribution in [0.3, 0.4) is 0 Å². The Kier molecular flexibility index (Phi) is 3.95. The van der Waals surface area contributed by atoms with E-state index in [0.717, 1.165) is 17.3 Å². The van der Waals surface area contributed by atoms with Crippen molar-refractivity contribution in [3.05, 3.63) is 22.4 Å². The van der Waals surface area contributed by atoms with Gasteiger partial charge in [0.2, 0.25) is 0 Å². The van der Waals surface area contributed by atoms with Crippen molar-refractivity contribution in [2.75, 3.05) is 0 Å². The molecule has 1 heterocycles. The van der Waals surface area contributed by atoms with Crippen LogP contribution in [0, 0.1) is 5.92 Å². The van der Waals surface area contributed by atoms with Crippen LogP contribution >= 0.6 is 15.9 Å². The highest BCUT2D eigenvalue weighted by molar-refractivity contribution is 9.10. The number of aliphatic carboxylic acids is 1. The van der Waals surface area contributed by atoms with Crippen LogP contribution in [0.15, 0.2) is 16.7 Å². The Morgan fingerprint density at radius 2 is 2.10 bits per heavy atom. The number of hydrogen-bond acceptors (Lipinski definition) is 2. The summed E-state index contributed by atoms with van der Waals surface area (Å²) in [6, 6.07) is 1.84. The Balaban J connectivity index is 2.26. The number of carbonyl (C=O) groups is 2. The molecule has 0 spiro atoms. The number of halogens is 1. The molecule has 20 heavy (non-hydrogen) atoms. The number of carboxylic acid groups (broad SMARTS) is 1. The zero-order valence-corrected chi connectivity index (χ0v) is 13.4. The van der Waals surface area contributed by atoms with Crippen molar-refractivity contribution in [1.29, 1.82) is 0 Å². The summed E-state index contributed by atoms with van der Waals surface area (Å²) in [7, 11) is 0. The van der Waals surface area contributed by atoms with E-state index in [0.29, 0.717) is 5.69 Å². The third-order valence-electron chi connectivity index (χ3n) is 3.82. The molecule has 0 radical (unpaired) electrons. The second-order valence-electron chi connectivity index (χ2n) is 5.78. The van der Waals surface area contributed by atoms with Crippen LogP contribution in [0.1, 0.15) is 50.1 Å². The Morgan fingerprint density at radius 3 is 2.55 bits per heavy atom. The van der Waals surface area contributed by atoms with E-state index in [1.807, 2.05) is 24.6 Å². The molecule has 1 aromatic rings. The molecule has 1 atom stereocenters. The lowest BCUT2D eigenvalue weighted by Crippen LogP contribution is -2.54. The van der Waals surface area contributed by atoms with Gasteiger partial charge in [0.15, 0.2) is 0 Å². The fourth-order valence-electron chi connectivity index (χ4n) is 2.35. The van der Waals surface area contributed by atoms with Crippen molar-refractivity contribution in [2.24, 2.45) is 5.92 Å². The highest BCUT2D eigenvalue weighted by Gasteiger charge is 2.48. The zero-order chi connectivity index (χ0) is 15.1. The molecule has 1 saturated carbocycles. The highest BCUT2D eigenvalue weighted by atomic mass is 79.9. The van der Waals surface area contributed by atoms with Crippen molar-refractivity contribution in [3.63, 3.8) is 0 Å². The molecule has 1 aromatic heterocycles. The molecule has 110 valence electrons. The average molecular weight is 343 g/mol. The summed E-state index contributed by atoms with van der Waals surface area (Å²) in [5.74, 6) is -1.30. The van der Waals surface area contributed by atoms with Gasteiger partial charge in [-0.25, -0.2) is 4.79 Å². The standard InChI is InChI=1S/C14H19BrN2O3/c1-8(2)17-7-10(15)6-11(17)12(18)16-14(3,13(19)20)9-4-5-9/h6-9H,4-5H2,1-3H3,(H,16,18)(H,19,20). The first-order valence-electron chi connectivity index (χ1n) is 6.69. The van der Waals surface area contributed by atoms with Crippen LogP contribution in [0.25, 0.3) is 0 Å². The second kappa shape index (κ2) is 5.24. The first-order chi connectivity index (χ1) is 9.25. The summed E-state index contributed by atoms with van der Waals surface area (Å²) in [6.07, 6.45) is 3.52. The highest BCUT2D eigenvalue weighted by Crippen LogP contribution is 2.40. The third kappa shape index (κ3) is 2.75. The lowest BCUT2D eigenvalue weighted by atomic mass is 9.96. The van der Waals surface area contributed by atoms with E-state index in [1.54, 1.807) is 13.0 Å². The van der Waals surface area contributed by atoms with Crippen LogP contribution < -0.4 is 5.32 Å². The summed E-state index contributed by atoms with van der Waals surface area (Å²) in [6.45, 7) is 5.53. The molecule has 1 amide bonds. The van der Waals surface area contributed by atoms with Crippen LogP contribution in [0.4, 0.5) is 0 Å². The predicted octanol–water partition coefficient (Wildman–Crippen LogP) is 2.81. The van der Waals surface area contributed by atoms with Gasteiger partial charge in [0, 0.05) is 16.7 Å². The molecule has 1 aliphatic rings. The average Bonchev–Trinajstić information content (AvgIpc) is 3.11. The number of nitrogens with zero attached hydrogens (tertiary/aromatic N) is 1. The maximum atomic E-state index is 12.4. The van der Waals surface area contributed by atoms with Gasteiger partial charge in [0.1, 0.15) is 11.2 Å². The molecule has 0 saturated heterocycles. The van der Waals surface area contributed by atoms with Crippen LogP contribution in [0.5, 0.6) is 0 Å². The molecular formula is C14H19BrN2O3. The number of nitrogens with one attached hydrogen (secondary N) is 1. The Morgan fingerprint density at radius 1 is 1.50 bits per heavy atom. The smallest absolute Gasteiger partial charge is 0.329 e. The van der Waals surface area contributed by atoms with Crippen LogP contribution in [-0.2, 0) is 4.79 Å². The molecule has 0 aromatic carbocycles. The lowest BCUT2D eigenvalue weighted by Gasteiger charge is -2.26. The quantitative estimate of drug-likeness (QED) is 0.864. The molecule has 6 heteroatoms. The molecule has 1 fully saturated rings. The topological polar surface area (TPSA) is 71.3 Å². The number of aromatic nitrogens is 1. The van der Waals surface area contributed by atoms with Gasteiger partial charge in [-0.15, -0.1) is 0 Å². The molecule has 1 aliphatic carbocycles. The van der Waals surface area contributed by atoms with Gasteiger partial charge in [-0.05, 0) is 61.5 Å². The molecule has 2 rings (SSSR count). The van der Waals surface area contributed by atoms with Crippen molar-refractivity contribution in [3.8, 4) is 0 Å². The SMILES string of the molecule is CC(C)n1cc(Br)cc1C(=O)NC(C)(C(=O)O)C1CC1. The van der Waals surface area contributed by atoms with Crippen molar-refractivity contribution in [2.45, 2.75) is 45.2 Å². The van der Waals surface area contributed by atoms with Gasteiger partial charge in [0.05, 0.1) is 0 Å². The van der Waals surface area contributed by atoms with E-state index in [4.69, 9.17) is 0 Å². The fraction of sp³-hybridized carbons (Fsp3) is 0.571. The first kappa shape index (κ1) is 15.1. The van der Waals surface area contributed by atoms with Crippen molar-refractivity contribution in [1.82, 2.24) is 9.88 Å². The Hall–Kier alpha value is -1.30. The van der Waals surface area contributed by atoms with Gasteiger partial charge in [0.25, 0.3) is 5.91 Å². The number of carboxylic acids is 1. The van der Waals surface area contributed by atoms with Gasteiger partial charge < -0.3 is 15.0 Å². The van der Waals surface area contributed by atoms with E-state index >= 15 is 0 Å². The Labute approximate surface area is 126 Å². The summed E-state index contributed by atoms with van der Waals surface area (Å²) in [4.78, 5) is 23.9. The number of hydrogen-bond donors (Lipinski definition) is 2. The minimum Gasteiger partial charge on any atom is -0.480 e. The van der Waals surface area contributed by atoms with E-state index in [1.165, 1.54) is 0 Å². The summed E-state index contributed by atoms with van der Waals surface area (Å²) < 4.78 is 2.63. The fourth-order valence-corrected chi connectivity index (χ4v) is 2.78. The lowest BCUT2D eigenvalue weighted by molar-refractivity contribution is -0.144. The number of carbonyl (C=O) groups excluding carboxylic acids is 1. The van der Waals surface area contributed by atoms with E-state index in [-0.39, 0.29) is 17.9 Å². The third-order valence-corrected chi connectivity index (χ3v) is 4.25. The van der Waals surface area contributed by atoms with Gasteiger partial charge in [-0.2, -0.15) is 0 Å². The molecule has 0 aliphatic heterocycles. The number of amides is 1. The second-order valence-corrected chi connectivity index (χ2v) is 6.70. The summed E-state index contributed by atoms with van der Waals surface area (Å²) in [5, 5.41) is 12.1. The van der Waals surface area contributed by atoms with Gasteiger partial charge in [-0.1, -0.05) is 0 Å². The molecular weight excluding hydrogens is 324 g/mol. The van der Waals surface area contributed by atoms with E-state index in [2.05, 4.69) is 21.2 Å². The monoisotopic (exact) mass is 342 g/mol. The summed E-state index contributed by atoms with van der Waals surface area (Å²) in [5.41, 5.74) is -0.713. The first-order valence-corrected chi connectivity index (χ1v) is 7.48. The van der Waals surface area contributed by atoms with Crippen LogP contribution in [0.2, 0.25) is 0 Å². The van der Waals surface area contributed by atoms with Gasteiger partial charge >= 0.3 is 5.97 Å². The maximum absolute atomic E-state index is 12.4. The van der Waals surface area contributed by atoms with Crippen molar-refractivity contribution < 1.29 is 14.7 Å². The molecule has 2 N–H and O–H groups in total. The number of rotatable bonds is 5. The Bertz CT molecular complexity index is 549. The zero-order valence-electron chi connectivity index (χ0n) is 11.8. The van der Waals surface area contributed by atoms with E-state index in [9.17, 15) is 14.7 Å². The minimum absolute atomic E-state index is 0.0230. The van der Waals surface area contributed by atoms with Crippen LogP contribution in [-0.4, -0.2) is 27.1 Å².